The summed E-state index contributed by atoms with van der Waals surface area (Å²) in [5, 5.41) is 0. The first-order valence-electron chi connectivity index (χ1n) is 14.6. The Labute approximate surface area is 231 Å². The Morgan fingerprint density at radius 3 is 2.31 bits per heavy atom. The lowest BCUT2D eigenvalue weighted by Gasteiger charge is -2.23. The van der Waals surface area contributed by atoms with Crippen LogP contribution in [0.2, 0.25) is 0 Å². The maximum Gasteiger partial charge on any atom is 0.166 e. The van der Waals surface area contributed by atoms with Gasteiger partial charge in [0, 0.05) is 17.0 Å². The molecule has 0 aromatic heterocycles. The van der Waals surface area contributed by atoms with Gasteiger partial charge < -0.3 is 0 Å². The molecule has 0 saturated carbocycles. The summed E-state index contributed by atoms with van der Waals surface area (Å²) in [6.45, 7) is 5.92. The molecule has 2 aliphatic rings. The Hall–Kier alpha value is -2.88. The zero-order chi connectivity index (χ0) is 27.8. The number of halogens is 4. The second-order valence-electron chi connectivity index (χ2n) is 11.0. The van der Waals surface area contributed by atoms with E-state index in [2.05, 4.69) is 19.6 Å². The molecule has 0 radical (unpaired) electrons. The number of rotatable bonds is 12. The smallest absolute Gasteiger partial charge is 0.166 e. The molecule has 4 rings (SSSR count). The second-order valence-corrected chi connectivity index (χ2v) is 11.0. The van der Waals surface area contributed by atoms with Crippen LogP contribution in [0.5, 0.6) is 0 Å². The topological polar surface area (TPSA) is 0 Å². The first-order valence-corrected chi connectivity index (χ1v) is 14.6. The van der Waals surface area contributed by atoms with Crippen molar-refractivity contribution in [3.63, 3.8) is 0 Å². The third-order valence-corrected chi connectivity index (χ3v) is 8.28. The summed E-state index contributed by atoms with van der Waals surface area (Å²) in [5.41, 5.74) is 2.67. The highest BCUT2D eigenvalue weighted by Gasteiger charge is 2.24. The molecule has 2 aliphatic carbocycles. The molecule has 4 heteroatoms. The molecule has 0 saturated heterocycles. The molecular formula is C35H40F4. The van der Waals surface area contributed by atoms with Crippen LogP contribution < -0.4 is 0 Å². The van der Waals surface area contributed by atoms with E-state index < -0.39 is 23.3 Å². The summed E-state index contributed by atoms with van der Waals surface area (Å²) >= 11 is 0. The largest absolute Gasteiger partial charge is 0.203 e. The predicted molar refractivity (Wildman–Crippen MR) is 154 cm³/mol. The van der Waals surface area contributed by atoms with Gasteiger partial charge in [-0.15, -0.1) is 6.58 Å². The van der Waals surface area contributed by atoms with Crippen LogP contribution >= 0.6 is 0 Å². The lowest BCUT2D eigenvalue weighted by molar-refractivity contribution is 0.451. The fourth-order valence-electron chi connectivity index (χ4n) is 5.82. The molecule has 208 valence electrons. The molecule has 2 atom stereocenters. The average molecular weight is 537 g/mol. The molecule has 0 N–H and O–H groups in total. The molecule has 0 fully saturated rings. The standard InChI is InChI=1S/C35H40F4/c1-3-5-7-8-9-11-28-20-21-29(33(37)32(28)36)26-16-18-27(19-17-26)31-23-22-30(34(38)35(31)39)25-14-12-24(13-15-25)10-6-4-2/h4,14,16-18,20-24,27H,2-3,5-13,15,19H2,1H3. The molecule has 0 bridgehead atoms. The maximum absolute atomic E-state index is 15.2. The van der Waals surface area contributed by atoms with Gasteiger partial charge in [-0.05, 0) is 79.6 Å². The van der Waals surface area contributed by atoms with Crippen molar-refractivity contribution in [1.29, 1.82) is 0 Å². The zero-order valence-electron chi connectivity index (χ0n) is 23.1. The van der Waals surface area contributed by atoms with Crippen LogP contribution in [0.4, 0.5) is 17.6 Å². The number of aryl methyl sites for hydroxylation is 1. The van der Waals surface area contributed by atoms with Crippen LogP contribution in [0, 0.1) is 29.2 Å². The molecule has 0 nitrogen and oxygen atoms in total. The lowest BCUT2D eigenvalue weighted by atomic mass is 9.83. The Balaban J connectivity index is 1.42. The van der Waals surface area contributed by atoms with Crippen molar-refractivity contribution in [3.05, 3.63) is 107 Å². The Kier molecular flexibility index (Phi) is 10.4. The van der Waals surface area contributed by atoms with Crippen molar-refractivity contribution in [2.75, 3.05) is 0 Å². The molecule has 0 heterocycles. The fourth-order valence-corrected chi connectivity index (χ4v) is 5.82. The highest BCUT2D eigenvalue weighted by atomic mass is 19.2. The van der Waals surface area contributed by atoms with E-state index in [-0.39, 0.29) is 17.0 Å². The molecule has 0 spiro atoms. The molecule has 2 unspecified atom stereocenters. The highest BCUT2D eigenvalue weighted by Crippen LogP contribution is 2.38. The van der Waals surface area contributed by atoms with Gasteiger partial charge in [0.15, 0.2) is 23.3 Å². The predicted octanol–water partition coefficient (Wildman–Crippen LogP) is 11.0. The van der Waals surface area contributed by atoms with Gasteiger partial charge in [0.2, 0.25) is 0 Å². The van der Waals surface area contributed by atoms with E-state index in [1.54, 1.807) is 42.5 Å². The summed E-state index contributed by atoms with van der Waals surface area (Å²) in [6, 6.07) is 6.66. The summed E-state index contributed by atoms with van der Waals surface area (Å²) in [4.78, 5) is 0. The van der Waals surface area contributed by atoms with Gasteiger partial charge >= 0.3 is 0 Å². The van der Waals surface area contributed by atoms with Crippen molar-refractivity contribution >= 4 is 11.1 Å². The second kappa shape index (κ2) is 14.0. The van der Waals surface area contributed by atoms with Gasteiger partial charge in [0.05, 0.1) is 0 Å². The van der Waals surface area contributed by atoms with Crippen molar-refractivity contribution in [2.24, 2.45) is 5.92 Å². The first-order chi connectivity index (χ1) is 18.9. The van der Waals surface area contributed by atoms with Crippen LogP contribution in [0.25, 0.3) is 11.1 Å². The van der Waals surface area contributed by atoms with Gasteiger partial charge in [-0.2, -0.15) is 0 Å². The van der Waals surface area contributed by atoms with Crippen molar-refractivity contribution < 1.29 is 17.6 Å². The third kappa shape index (κ3) is 7.01. The maximum atomic E-state index is 15.2. The summed E-state index contributed by atoms with van der Waals surface area (Å²) < 4.78 is 60.1. The lowest BCUT2D eigenvalue weighted by Crippen LogP contribution is -2.09. The minimum Gasteiger partial charge on any atom is -0.203 e. The van der Waals surface area contributed by atoms with E-state index in [0.717, 1.165) is 69.8 Å². The highest BCUT2D eigenvalue weighted by molar-refractivity contribution is 5.76. The van der Waals surface area contributed by atoms with Crippen LogP contribution in [-0.4, -0.2) is 0 Å². The molecule has 0 amide bonds. The number of hydrogen-bond donors (Lipinski definition) is 0. The van der Waals surface area contributed by atoms with E-state index in [4.69, 9.17) is 0 Å². The summed E-state index contributed by atoms with van der Waals surface area (Å²) in [5.74, 6) is -3.05. The monoisotopic (exact) mass is 536 g/mol. The SMILES string of the molecule is C=CCCC1CC=C(c2ccc(C3C=CC(c4ccc(CCCCCCC)c(F)c4F)=CC3)c(F)c2F)CC1. The molecule has 39 heavy (non-hydrogen) atoms. The first kappa shape index (κ1) is 29.1. The minimum atomic E-state index is -0.843. The van der Waals surface area contributed by atoms with Crippen molar-refractivity contribution in [2.45, 2.75) is 89.9 Å². The van der Waals surface area contributed by atoms with E-state index in [1.807, 2.05) is 6.08 Å². The molecule has 0 aliphatic heterocycles. The molecular weight excluding hydrogens is 496 g/mol. The Morgan fingerprint density at radius 1 is 0.846 bits per heavy atom. The van der Waals surface area contributed by atoms with Crippen molar-refractivity contribution in [3.8, 4) is 0 Å². The normalized spacial score (nSPS) is 19.1. The Bertz CT molecular complexity index is 1250. The van der Waals surface area contributed by atoms with Crippen molar-refractivity contribution in [1.82, 2.24) is 0 Å². The molecule has 2 aromatic rings. The van der Waals surface area contributed by atoms with Crippen LogP contribution in [-0.2, 0) is 6.42 Å². The number of allylic oxidation sites excluding steroid dienone is 7. The average Bonchev–Trinajstić information content (AvgIpc) is 2.96. The van der Waals surface area contributed by atoms with Gasteiger partial charge in [-0.1, -0.05) is 87.3 Å². The van der Waals surface area contributed by atoms with Crippen LogP contribution in [0.15, 0.2) is 61.2 Å². The number of benzene rings is 2. The number of unbranched alkanes of at least 4 members (excludes halogenated alkanes) is 4. The van der Waals surface area contributed by atoms with Gasteiger partial charge in [-0.25, -0.2) is 17.6 Å². The zero-order valence-corrected chi connectivity index (χ0v) is 23.1. The van der Waals surface area contributed by atoms with Crippen LogP contribution in [0.3, 0.4) is 0 Å². The van der Waals surface area contributed by atoms with Gasteiger partial charge in [0.1, 0.15) is 0 Å². The van der Waals surface area contributed by atoms with Gasteiger partial charge in [-0.3, -0.25) is 0 Å². The number of hydrogen-bond acceptors (Lipinski definition) is 0. The third-order valence-electron chi connectivity index (χ3n) is 8.28. The quantitative estimate of drug-likeness (QED) is 0.144. The van der Waals surface area contributed by atoms with E-state index in [0.29, 0.717) is 35.5 Å². The van der Waals surface area contributed by atoms with Crippen LogP contribution in [0.1, 0.15) is 106 Å². The minimum absolute atomic E-state index is 0.203. The van der Waals surface area contributed by atoms with E-state index >= 15 is 8.78 Å². The summed E-state index contributed by atoms with van der Waals surface area (Å²) in [6.07, 6.45) is 20.0. The Morgan fingerprint density at radius 2 is 1.62 bits per heavy atom. The molecule has 2 aromatic carbocycles. The fraction of sp³-hybridized carbons (Fsp3) is 0.429. The van der Waals surface area contributed by atoms with E-state index in [9.17, 15) is 8.78 Å². The van der Waals surface area contributed by atoms with Gasteiger partial charge in [0.25, 0.3) is 0 Å². The van der Waals surface area contributed by atoms with E-state index in [1.165, 1.54) is 0 Å². The summed E-state index contributed by atoms with van der Waals surface area (Å²) in [7, 11) is 0.